The van der Waals surface area contributed by atoms with E-state index in [0.29, 0.717) is 26.1 Å². The normalized spacial score (nSPS) is 13.8. The molecule has 0 aromatic heterocycles. The molecule has 0 aliphatic carbocycles. The van der Waals surface area contributed by atoms with Crippen LogP contribution in [0.15, 0.2) is 48.5 Å². The lowest BCUT2D eigenvalue weighted by molar-refractivity contribution is -0.131. The van der Waals surface area contributed by atoms with Crippen molar-refractivity contribution in [2.75, 3.05) is 44.7 Å². The average molecular weight is 413 g/mol. The van der Waals surface area contributed by atoms with Crippen LogP contribution in [0.3, 0.4) is 0 Å². The number of anilines is 1. The second-order valence-electron chi connectivity index (χ2n) is 7.27. The number of hydrogen-bond acceptors (Lipinski definition) is 4. The lowest BCUT2D eigenvalue weighted by Crippen LogP contribution is -2.49. The van der Waals surface area contributed by atoms with Crippen LogP contribution >= 0.6 is 0 Å². The van der Waals surface area contributed by atoms with E-state index in [-0.39, 0.29) is 30.4 Å². The summed E-state index contributed by atoms with van der Waals surface area (Å²) < 4.78 is 18.6. The van der Waals surface area contributed by atoms with Crippen molar-refractivity contribution >= 4 is 17.5 Å². The van der Waals surface area contributed by atoms with Gasteiger partial charge in [0.1, 0.15) is 0 Å². The van der Waals surface area contributed by atoms with E-state index in [9.17, 15) is 14.0 Å². The smallest absolute Gasteiger partial charge is 0.224 e. The Balaban J connectivity index is 1.33. The summed E-state index contributed by atoms with van der Waals surface area (Å²) in [5.74, 6) is -0.340. The number of carbonyl (C=O) groups excluding carboxylic acids is 2. The fourth-order valence-corrected chi connectivity index (χ4v) is 3.53. The van der Waals surface area contributed by atoms with Gasteiger partial charge >= 0.3 is 0 Å². The molecule has 2 aromatic rings. The van der Waals surface area contributed by atoms with Gasteiger partial charge in [0.25, 0.3) is 0 Å². The number of methoxy groups -OCH3 is 1. The summed E-state index contributed by atoms with van der Waals surface area (Å²) in [5.41, 5.74) is 1.91. The maximum atomic E-state index is 13.7. The number of hydrogen-bond donors (Lipinski definition) is 1. The summed E-state index contributed by atoms with van der Waals surface area (Å²) in [4.78, 5) is 28.5. The molecule has 30 heavy (non-hydrogen) atoms. The average Bonchev–Trinajstić information content (AvgIpc) is 2.78. The predicted molar refractivity (Wildman–Crippen MR) is 114 cm³/mol. The van der Waals surface area contributed by atoms with Crippen LogP contribution in [0.4, 0.5) is 10.1 Å². The fraction of sp³-hybridized carbons (Fsp3) is 0.391. The molecule has 1 heterocycles. The summed E-state index contributed by atoms with van der Waals surface area (Å²) in [6, 6.07) is 14.9. The molecule has 0 saturated carbocycles. The van der Waals surface area contributed by atoms with Crippen molar-refractivity contribution in [3.8, 4) is 5.75 Å². The number of piperazine rings is 1. The van der Waals surface area contributed by atoms with Crippen LogP contribution in [-0.4, -0.2) is 56.5 Å². The van der Waals surface area contributed by atoms with E-state index in [2.05, 4.69) is 22.3 Å². The summed E-state index contributed by atoms with van der Waals surface area (Å²) >= 11 is 0. The van der Waals surface area contributed by atoms with Gasteiger partial charge in [-0.1, -0.05) is 24.3 Å². The van der Waals surface area contributed by atoms with Gasteiger partial charge < -0.3 is 19.9 Å². The number of rotatable bonds is 8. The Hall–Kier alpha value is -3.09. The van der Waals surface area contributed by atoms with Crippen LogP contribution in [0.5, 0.6) is 5.75 Å². The second kappa shape index (κ2) is 10.6. The minimum absolute atomic E-state index is 0.0558. The molecule has 1 aliphatic rings. The summed E-state index contributed by atoms with van der Waals surface area (Å²) in [7, 11) is 1.41. The predicted octanol–water partition coefficient (Wildman–Crippen LogP) is 2.62. The third-order valence-corrected chi connectivity index (χ3v) is 5.27. The first kappa shape index (κ1) is 21.6. The van der Waals surface area contributed by atoms with E-state index in [4.69, 9.17) is 4.74 Å². The van der Waals surface area contributed by atoms with E-state index in [1.54, 1.807) is 12.1 Å². The standard InChI is InChI=1S/C23H28FN3O3/c1-30-21-9-7-18(17-20(21)24)8-10-22(28)25-12-11-23(29)27-15-13-26(14-16-27)19-5-3-2-4-6-19/h2-7,9,17H,8,10-16H2,1H3,(H,25,28). The van der Waals surface area contributed by atoms with Crippen molar-refractivity contribution in [1.29, 1.82) is 0 Å². The Morgan fingerprint density at radius 2 is 1.77 bits per heavy atom. The van der Waals surface area contributed by atoms with Crippen LogP contribution in [-0.2, 0) is 16.0 Å². The van der Waals surface area contributed by atoms with Crippen molar-refractivity contribution in [1.82, 2.24) is 10.2 Å². The maximum Gasteiger partial charge on any atom is 0.224 e. The van der Waals surface area contributed by atoms with E-state index in [0.717, 1.165) is 18.7 Å². The van der Waals surface area contributed by atoms with Crippen LogP contribution in [0.1, 0.15) is 18.4 Å². The molecular weight excluding hydrogens is 385 g/mol. The maximum absolute atomic E-state index is 13.7. The zero-order chi connectivity index (χ0) is 21.3. The first-order chi connectivity index (χ1) is 14.6. The van der Waals surface area contributed by atoms with Crippen LogP contribution < -0.4 is 15.0 Å². The Morgan fingerprint density at radius 1 is 1.03 bits per heavy atom. The van der Waals surface area contributed by atoms with E-state index in [1.165, 1.54) is 18.9 Å². The van der Waals surface area contributed by atoms with Crippen molar-refractivity contribution in [3.63, 3.8) is 0 Å². The number of benzene rings is 2. The lowest BCUT2D eigenvalue weighted by Gasteiger charge is -2.36. The highest BCUT2D eigenvalue weighted by Gasteiger charge is 2.21. The van der Waals surface area contributed by atoms with E-state index < -0.39 is 5.82 Å². The zero-order valence-corrected chi connectivity index (χ0v) is 17.3. The van der Waals surface area contributed by atoms with Gasteiger partial charge in [0.05, 0.1) is 7.11 Å². The first-order valence-electron chi connectivity index (χ1n) is 10.2. The Bertz CT molecular complexity index is 852. The fourth-order valence-electron chi connectivity index (χ4n) is 3.53. The number of amides is 2. The minimum Gasteiger partial charge on any atom is -0.494 e. The molecule has 6 nitrogen and oxygen atoms in total. The third-order valence-electron chi connectivity index (χ3n) is 5.27. The number of ether oxygens (including phenoxy) is 1. The molecule has 7 heteroatoms. The second-order valence-corrected chi connectivity index (χ2v) is 7.27. The van der Waals surface area contributed by atoms with Crippen LogP contribution in [0.2, 0.25) is 0 Å². The van der Waals surface area contributed by atoms with Gasteiger partial charge in [-0.25, -0.2) is 4.39 Å². The number of halogens is 1. The molecule has 1 N–H and O–H groups in total. The largest absolute Gasteiger partial charge is 0.494 e. The topological polar surface area (TPSA) is 61.9 Å². The molecule has 160 valence electrons. The Kier molecular flexibility index (Phi) is 7.65. The highest BCUT2D eigenvalue weighted by atomic mass is 19.1. The van der Waals surface area contributed by atoms with Crippen molar-refractivity contribution in [2.45, 2.75) is 19.3 Å². The molecule has 2 aromatic carbocycles. The van der Waals surface area contributed by atoms with Crippen LogP contribution in [0.25, 0.3) is 0 Å². The van der Waals surface area contributed by atoms with Crippen molar-refractivity contribution in [2.24, 2.45) is 0 Å². The summed E-state index contributed by atoms with van der Waals surface area (Å²) in [6.07, 6.45) is 0.964. The molecule has 0 bridgehead atoms. The lowest BCUT2D eigenvalue weighted by atomic mass is 10.1. The molecule has 0 spiro atoms. The zero-order valence-electron chi connectivity index (χ0n) is 17.3. The molecule has 0 atom stereocenters. The summed E-state index contributed by atoms with van der Waals surface area (Å²) in [5, 5.41) is 2.78. The van der Waals surface area contributed by atoms with E-state index >= 15 is 0 Å². The van der Waals surface area contributed by atoms with E-state index in [1.807, 2.05) is 23.1 Å². The van der Waals surface area contributed by atoms with Gasteiger partial charge in [-0.05, 0) is 36.2 Å². The van der Waals surface area contributed by atoms with Gasteiger partial charge in [-0.3, -0.25) is 9.59 Å². The number of nitrogens with zero attached hydrogens (tertiary/aromatic N) is 2. The molecule has 0 radical (unpaired) electrons. The third kappa shape index (κ3) is 5.95. The molecule has 1 saturated heterocycles. The minimum atomic E-state index is -0.437. The van der Waals surface area contributed by atoms with Gasteiger partial charge in [-0.15, -0.1) is 0 Å². The van der Waals surface area contributed by atoms with Gasteiger partial charge in [0.15, 0.2) is 11.6 Å². The Morgan fingerprint density at radius 3 is 2.43 bits per heavy atom. The SMILES string of the molecule is COc1ccc(CCC(=O)NCCC(=O)N2CCN(c3ccccc3)CC2)cc1F. The summed E-state index contributed by atoms with van der Waals surface area (Å²) in [6.45, 7) is 3.30. The number of para-hydroxylation sites is 1. The number of carbonyl (C=O) groups is 2. The molecule has 0 unspecified atom stereocenters. The quantitative estimate of drug-likeness (QED) is 0.723. The highest BCUT2D eigenvalue weighted by molar-refractivity contribution is 5.79. The van der Waals surface area contributed by atoms with Crippen molar-refractivity contribution < 1.29 is 18.7 Å². The number of aryl methyl sites for hydroxylation is 1. The molecular formula is C23H28FN3O3. The number of nitrogens with one attached hydrogen (secondary N) is 1. The first-order valence-corrected chi connectivity index (χ1v) is 10.2. The van der Waals surface area contributed by atoms with Gasteiger partial charge in [0, 0.05) is 51.3 Å². The molecule has 1 fully saturated rings. The van der Waals surface area contributed by atoms with Crippen LogP contribution in [0, 0.1) is 5.82 Å². The van der Waals surface area contributed by atoms with Gasteiger partial charge in [-0.2, -0.15) is 0 Å². The van der Waals surface area contributed by atoms with Crippen molar-refractivity contribution in [3.05, 3.63) is 59.9 Å². The molecule has 2 amide bonds. The molecule has 3 rings (SSSR count). The molecule has 1 aliphatic heterocycles. The monoisotopic (exact) mass is 413 g/mol. The van der Waals surface area contributed by atoms with Gasteiger partial charge in [0.2, 0.25) is 11.8 Å². The highest BCUT2D eigenvalue weighted by Crippen LogP contribution is 2.18. The Labute approximate surface area is 176 Å².